The molecule has 0 aromatic heterocycles. The maximum absolute atomic E-state index is 11.3. The molecule has 9 heteroatoms. The summed E-state index contributed by atoms with van der Waals surface area (Å²) < 4.78 is 48.9. The first kappa shape index (κ1) is 24.3. The fourth-order valence-electron chi connectivity index (χ4n) is 2.95. The predicted octanol–water partition coefficient (Wildman–Crippen LogP) is 4.70. The van der Waals surface area contributed by atoms with Crippen LogP contribution in [0.2, 0.25) is 0 Å². The SMILES string of the molecule is CC(C)=CCc1ccccc1Oc1cccc(CCCC(P(=O)(O)O)S(=O)(=O)O)c1. The zero-order valence-corrected chi connectivity index (χ0v) is 18.6. The van der Waals surface area contributed by atoms with Gasteiger partial charge in [-0.25, -0.2) is 0 Å². The fraction of sp³-hybridized carbons (Fsp3) is 0.333. The van der Waals surface area contributed by atoms with Gasteiger partial charge < -0.3 is 14.5 Å². The number of hydrogen-bond donors (Lipinski definition) is 3. The third kappa shape index (κ3) is 7.70. The van der Waals surface area contributed by atoms with E-state index in [9.17, 15) is 22.8 Å². The number of aryl methyl sites for hydroxylation is 1. The van der Waals surface area contributed by atoms with Gasteiger partial charge in [0.05, 0.1) is 0 Å². The van der Waals surface area contributed by atoms with E-state index in [0.29, 0.717) is 12.2 Å². The third-order valence-electron chi connectivity index (χ3n) is 4.46. The van der Waals surface area contributed by atoms with Crippen molar-refractivity contribution in [3.8, 4) is 11.5 Å². The highest BCUT2D eigenvalue weighted by Gasteiger charge is 2.38. The lowest BCUT2D eigenvalue weighted by Gasteiger charge is -2.15. The Kier molecular flexibility index (Phi) is 8.41. The maximum atomic E-state index is 11.3. The molecule has 0 saturated carbocycles. The van der Waals surface area contributed by atoms with Gasteiger partial charge >= 0.3 is 7.60 Å². The summed E-state index contributed by atoms with van der Waals surface area (Å²) in [5, 5.41) is 0. The molecule has 0 radical (unpaired) electrons. The second-order valence-corrected chi connectivity index (χ2v) is 11.0. The molecule has 0 fully saturated rings. The molecule has 2 rings (SSSR count). The van der Waals surface area contributed by atoms with Gasteiger partial charge in [-0.3, -0.25) is 9.12 Å². The molecule has 0 bridgehead atoms. The largest absolute Gasteiger partial charge is 0.457 e. The van der Waals surface area contributed by atoms with Gasteiger partial charge in [0.15, 0.2) is 4.99 Å². The van der Waals surface area contributed by atoms with Crippen molar-refractivity contribution in [3.05, 3.63) is 71.3 Å². The molecule has 0 heterocycles. The van der Waals surface area contributed by atoms with Gasteiger partial charge in [-0.05, 0) is 68.9 Å². The van der Waals surface area contributed by atoms with Crippen molar-refractivity contribution in [2.75, 3.05) is 0 Å². The first-order valence-corrected chi connectivity index (χ1v) is 12.6. The van der Waals surface area contributed by atoms with E-state index in [2.05, 4.69) is 6.08 Å². The number of para-hydroxylation sites is 1. The van der Waals surface area contributed by atoms with Gasteiger partial charge in [0.1, 0.15) is 11.5 Å². The Morgan fingerprint density at radius 3 is 2.47 bits per heavy atom. The van der Waals surface area contributed by atoms with E-state index in [1.54, 1.807) is 18.2 Å². The van der Waals surface area contributed by atoms with Crippen LogP contribution < -0.4 is 4.74 Å². The highest BCUT2D eigenvalue weighted by atomic mass is 32.2. The normalized spacial score (nSPS) is 13.0. The molecule has 0 aliphatic rings. The molecule has 1 unspecified atom stereocenters. The number of benzene rings is 2. The van der Waals surface area contributed by atoms with E-state index in [4.69, 9.17) is 9.29 Å². The average molecular weight is 454 g/mol. The summed E-state index contributed by atoms with van der Waals surface area (Å²) in [5.74, 6) is 1.35. The average Bonchev–Trinajstić information content (AvgIpc) is 2.63. The minimum absolute atomic E-state index is 0.177. The van der Waals surface area contributed by atoms with Gasteiger partial charge in [0.25, 0.3) is 10.1 Å². The summed E-state index contributed by atoms with van der Waals surface area (Å²) in [5.41, 5.74) is 3.08. The predicted molar refractivity (Wildman–Crippen MR) is 116 cm³/mol. The molecule has 1 atom stereocenters. The summed E-state index contributed by atoms with van der Waals surface area (Å²) in [6.07, 6.45) is 3.07. The standard InChI is InChI=1S/C21H27O7PS/c1-16(2)13-14-18-9-3-4-11-20(18)28-19-10-5-7-17(15-19)8-6-12-21(29(22,23)24)30(25,26)27/h3-5,7,9-11,13,15,21H,6,8,12,14H2,1-2H3,(H2,22,23,24)(H,25,26,27). The van der Waals surface area contributed by atoms with Crippen LogP contribution in [-0.2, 0) is 27.5 Å². The van der Waals surface area contributed by atoms with Gasteiger partial charge in [-0.15, -0.1) is 0 Å². The number of ether oxygens (including phenoxy) is 1. The third-order valence-corrected chi connectivity index (χ3v) is 8.02. The number of hydrogen-bond acceptors (Lipinski definition) is 4. The van der Waals surface area contributed by atoms with Crippen LogP contribution in [0.3, 0.4) is 0 Å². The second kappa shape index (κ2) is 10.4. The highest BCUT2D eigenvalue weighted by molar-refractivity contribution is 7.93. The molecule has 0 aliphatic heterocycles. The molecule has 30 heavy (non-hydrogen) atoms. The molecule has 2 aromatic carbocycles. The van der Waals surface area contributed by atoms with E-state index < -0.39 is 22.7 Å². The monoisotopic (exact) mass is 454 g/mol. The maximum Gasteiger partial charge on any atom is 0.346 e. The first-order chi connectivity index (χ1) is 14.0. The topological polar surface area (TPSA) is 121 Å². The number of rotatable bonds is 10. The second-order valence-electron chi connectivity index (χ2n) is 7.29. The molecule has 7 nitrogen and oxygen atoms in total. The van der Waals surface area contributed by atoms with Crippen molar-refractivity contribution in [2.45, 2.75) is 44.5 Å². The smallest absolute Gasteiger partial charge is 0.346 e. The van der Waals surface area contributed by atoms with Crippen molar-refractivity contribution >= 4 is 17.7 Å². The first-order valence-electron chi connectivity index (χ1n) is 9.46. The van der Waals surface area contributed by atoms with Crippen LogP contribution in [-0.4, -0.2) is 27.7 Å². The Bertz CT molecular complexity index is 1040. The van der Waals surface area contributed by atoms with E-state index >= 15 is 0 Å². The molecular weight excluding hydrogens is 427 g/mol. The lowest BCUT2D eigenvalue weighted by molar-refractivity contribution is 0.360. The van der Waals surface area contributed by atoms with E-state index in [0.717, 1.165) is 23.3 Å². The van der Waals surface area contributed by atoms with Crippen LogP contribution in [0.1, 0.15) is 37.8 Å². The van der Waals surface area contributed by atoms with E-state index in [-0.39, 0.29) is 12.8 Å². The molecule has 164 valence electrons. The van der Waals surface area contributed by atoms with Gasteiger partial charge in [-0.2, -0.15) is 8.42 Å². The summed E-state index contributed by atoms with van der Waals surface area (Å²) >= 11 is 0. The zero-order chi connectivity index (χ0) is 22.4. The van der Waals surface area contributed by atoms with Crippen molar-refractivity contribution in [1.82, 2.24) is 0 Å². The van der Waals surface area contributed by atoms with Crippen molar-refractivity contribution in [1.29, 1.82) is 0 Å². The van der Waals surface area contributed by atoms with Crippen molar-refractivity contribution in [3.63, 3.8) is 0 Å². The summed E-state index contributed by atoms with van der Waals surface area (Å²) in [7, 11) is -9.80. The molecule has 0 saturated heterocycles. The van der Waals surface area contributed by atoms with Crippen molar-refractivity contribution in [2.24, 2.45) is 0 Å². The van der Waals surface area contributed by atoms with Crippen molar-refractivity contribution < 1.29 is 32.1 Å². The summed E-state index contributed by atoms with van der Waals surface area (Å²) in [6, 6.07) is 14.9. The van der Waals surface area contributed by atoms with Crippen LogP contribution in [0.25, 0.3) is 0 Å². The van der Waals surface area contributed by atoms with Crippen LogP contribution >= 0.6 is 7.60 Å². The molecule has 0 spiro atoms. The highest BCUT2D eigenvalue weighted by Crippen LogP contribution is 2.46. The van der Waals surface area contributed by atoms with E-state index in [1.807, 2.05) is 44.2 Å². The Hall–Kier alpha value is -1.96. The van der Waals surface area contributed by atoms with Crippen LogP contribution in [0, 0.1) is 0 Å². The Labute approximate surface area is 177 Å². The summed E-state index contributed by atoms with van der Waals surface area (Å²) in [6.45, 7) is 4.07. The Morgan fingerprint density at radius 1 is 1.13 bits per heavy atom. The minimum Gasteiger partial charge on any atom is -0.457 e. The lowest BCUT2D eigenvalue weighted by atomic mass is 10.1. The van der Waals surface area contributed by atoms with Crippen LogP contribution in [0.5, 0.6) is 11.5 Å². The van der Waals surface area contributed by atoms with E-state index in [1.165, 1.54) is 5.57 Å². The quantitative estimate of drug-likeness (QED) is 0.270. The summed E-state index contributed by atoms with van der Waals surface area (Å²) in [4.78, 5) is 16.2. The molecule has 0 amide bonds. The van der Waals surface area contributed by atoms with Gasteiger partial charge in [0, 0.05) is 0 Å². The minimum atomic E-state index is -4.96. The Balaban J connectivity index is 2.07. The lowest BCUT2D eigenvalue weighted by Crippen LogP contribution is -2.20. The van der Waals surface area contributed by atoms with Gasteiger partial charge in [0.2, 0.25) is 0 Å². The molecular formula is C21H27O7PS. The molecule has 3 N–H and O–H groups in total. The number of allylic oxidation sites excluding steroid dienone is 2. The van der Waals surface area contributed by atoms with Gasteiger partial charge in [-0.1, -0.05) is 42.0 Å². The van der Waals surface area contributed by atoms with Crippen LogP contribution in [0.15, 0.2) is 60.2 Å². The molecule has 2 aromatic rings. The fourth-order valence-corrected chi connectivity index (χ4v) is 5.32. The Morgan fingerprint density at radius 2 is 1.83 bits per heavy atom. The molecule has 0 aliphatic carbocycles. The zero-order valence-electron chi connectivity index (χ0n) is 16.9. The van der Waals surface area contributed by atoms with Crippen LogP contribution in [0.4, 0.5) is 0 Å².